The number of rotatable bonds is 5. The first-order valence-electron chi connectivity index (χ1n) is 9.71. The second-order valence-corrected chi connectivity index (χ2v) is 7.72. The molecular weight excluding hydrogens is 382 g/mol. The fraction of sp³-hybridized carbons (Fsp3) is 0.304. The molecule has 0 saturated carbocycles. The number of nitrogens with one attached hydrogen (secondary N) is 1. The van der Waals surface area contributed by atoms with Gasteiger partial charge in [0.15, 0.2) is 0 Å². The fourth-order valence-electron chi connectivity index (χ4n) is 3.84. The molecule has 1 aliphatic rings. The highest BCUT2D eigenvalue weighted by Gasteiger charge is 2.41. The van der Waals surface area contributed by atoms with E-state index in [-0.39, 0.29) is 23.6 Å². The second-order valence-electron chi connectivity index (χ2n) is 7.72. The van der Waals surface area contributed by atoms with E-state index in [0.29, 0.717) is 0 Å². The minimum atomic E-state index is -1.02. The third kappa shape index (κ3) is 3.83. The van der Waals surface area contributed by atoms with Crippen molar-refractivity contribution in [3.8, 4) is 0 Å². The molecule has 7 heteroatoms. The Bertz CT molecular complexity index is 1000. The van der Waals surface area contributed by atoms with Gasteiger partial charge in [-0.25, -0.2) is 0 Å². The van der Waals surface area contributed by atoms with Crippen molar-refractivity contribution in [1.82, 2.24) is 9.80 Å². The number of benzene rings is 2. The average molecular weight is 407 g/mol. The zero-order valence-electron chi connectivity index (χ0n) is 17.8. The van der Waals surface area contributed by atoms with Crippen molar-refractivity contribution in [3.05, 3.63) is 64.2 Å². The molecule has 1 heterocycles. The molecule has 3 rings (SSSR count). The normalized spacial score (nSPS) is 13.8. The van der Waals surface area contributed by atoms with Gasteiger partial charge in [0.2, 0.25) is 11.8 Å². The van der Waals surface area contributed by atoms with Gasteiger partial charge in [-0.2, -0.15) is 0 Å². The summed E-state index contributed by atoms with van der Waals surface area (Å²) in [4.78, 5) is 52.7. The van der Waals surface area contributed by atoms with Crippen LogP contribution in [-0.2, 0) is 9.59 Å². The number of hydrogen-bond donors (Lipinski definition) is 1. The Balaban J connectivity index is 1.68. The molecule has 4 amide bonds. The number of amides is 4. The zero-order valence-corrected chi connectivity index (χ0v) is 17.8. The maximum Gasteiger partial charge on any atom is 0.262 e. The first-order valence-corrected chi connectivity index (χ1v) is 9.71. The molecule has 0 bridgehead atoms. The smallest absolute Gasteiger partial charge is 0.262 e. The van der Waals surface area contributed by atoms with Gasteiger partial charge < -0.3 is 10.2 Å². The van der Waals surface area contributed by atoms with E-state index in [9.17, 15) is 19.2 Å². The summed E-state index contributed by atoms with van der Waals surface area (Å²) in [6, 6.07) is 9.41. The lowest BCUT2D eigenvalue weighted by Gasteiger charge is -2.26. The molecule has 0 radical (unpaired) electrons. The van der Waals surface area contributed by atoms with Crippen molar-refractivity contribution < 1.29 is 19.2 Å². The molecular formula is C23H25N3O4. The molecule has 30 heavy (non-hydrogen) atoms. The number of likely N-dealkylation sites (N-methyl/N-ethyl adjacent to an activating group) is 1. The Labute approximate surface area is 175 Å². The number of fused-ring (bicyclic) bond motifs is 1. The topological polar surface area (TPSA) is 86.8 Å². The van der Waals surface area contributed by atoms with E-state index in [0.717, 1.165) is 27.3 Å². The SMILES string of the molecule is Cc1cc(C)c(NC(=O)CN(C)C(=O)C(C)N2C(=O)c3ccccc3C2=O)c(C)c1. The van der Waals surface area contributed by atoms with E-state index < -0.39 is 23.8 Å². The molecule has 0 spiro atoms. The molecule has 0 aromatic heterocycles. The van der Waals surface area contributed by atoms with E-state index in [1.807, 2.05) is 32.9 Å². The summed E-state index contributed by atoms with van der Waals surface area (Å²) >= 11 is 0. The number of aryl methyl sites for hydroxylation is 3. The summed E-state index contributed by atoms with van der Waals surface area (Å²) in [6.07, 6.45) is 0. The summed E-state index contributed by atoms with van der Waals surface area (Å²) in [5.74, 6) is -1.84. The van der Waals surface area contributed by atoms with Crippen molar-refractivity contribution in [2.75, 3.05) is 18.9 Å². The van der Waals surface area contributed by atoms with Crippen LogP contribution in [0.3, 0.4) is 0 Å². The summed E-state index contributed by atoms with van der Waals surface area (Å²) in [7, 11) is 1.48. The fourth-order valence-corrected chi connectivity index (χ4v) is 3.84. The quantitative estimate of drug-likeness (QED) is 0.772. The standard InChI is InChI=1S/C23H25N3O4/c1-13-10-14(2)20(15(3)11-13)24-19(27)12-25(5)21(28)16(4)26-22(29)17-8-6-7-9-18(17)23(26)30/h6-11,16H,12H2,1-5H3,(H,24,27). The lowest BCUT2D eigenvalue weighted by Crippen LogP contribution is -2.49. The van der Waals surface area contributed by atoms with Crippen molar-refractivity contribution >= 4 is 29.3 Å². The molecule has 1 N–H and O–H groups in total. The number of carbonyl (C=O) groups excluding carboxylic acids is 4. The van der Waals surface area contributed by atoms with Gasteiger partial charge in [0.25, 0.3) is 11.8 Å². The lowest BCUT2D eigenvalue weighted by atomic mass is 10.1. The Morgan fingerprint density at radius 3 is 2.00 bits per heavy atom. The van der Waals surface area contributed by atoms with Gasteiger partial charge in [-0.3, -0.25) is 24.1 Å². The number of carbonyl (C=O) groups is 4. The van der Waals surface area contributed by atoms with Gasteiger partial charge in [-0.05, 0) is 51.0 Å². The van der Waals surface area contributed by atoms with E-state index in [1.165, 1.54) is 18.9 Å². The molecule has 1 aliphatic heterocycles. The number of hydrogen-bond acceptors (Lipinski definition) is 4. The Morgan fingerprint density at radius 2 is 1.50 bits per heavy atom. The third-order valence-electron chi connectivity index (χ3n) is 5.27. The van der Waals surface area contributed by atoms with Crippen LogP contribution >= 0.6 is 0 Å². The van der Waals surface area contributed by atoms with Gasteiger partial charge in [0.05, 0.1) is 17.7 Å². The summed E-state index contributed by atoms with van der Waals surface area (Å²) in [6.45, 7) is 7.11. The van der Waals surface area contributed by atoms with Crippen LogP contribution in [0.2, 0.25) is 0 Å². The second kappa shape index (κ2) is 8.10. The minimum absolute atomic E-state index is 0.195. The van der Waals surface area contributed by atoms with E-state index >= 15 is 0 Å². The number of imide groups is 1. The number of anilines is 1. The van der Waals surface area contributed by atoms with Crippen LogP contribution in [0.5, 0.6) is 0 Å². The Hall–Kier alpha value is -3.48. The van der Waals surface area contributed by atoms with Crippen molar-refractivity contribution in [3.63, 3.8) is 0 Å². The highest BCUT2D eigenvalue weighted by molar-refractivity contribution is 6.22. The summed E-state index contributed by atoms with van der Waals surface area (Å²) in [5.41, 5.74) is 4.27. The molecule has 156 valence electrons. The summed E-state index contributed by atoms with van der Waals surface area (Å²) < 4.78 is 0. The van der Waals surface area contributed by atoms with E-state index in [4.69, 9.17) is 0 Å². The van der Waals surface area contributed by atoms with Crippen molar-refractivity contribution in [2.24, 2.45) is 0 Å². The molecule has 2 aromatic rings. The molecule has 0 aliphatic carbocycles. The first kappa shape index (κ1) is 21.2. The Morgan fingerprint density at radius 1 is 1.00 bits per heavy atom. The van der Waals surface area contributed by atoms with Crippen LogP contribution in [0.4, 0.5) is 5.69 Å². The van der Waals surface area contributed by atoms with Crippen LogP contribution in [0.15, 0.2) is 36.4 Å². The molecule has 1 unspecified atom stereocenters. The van der Waals surface area contributed by atoms with Gasteiger partial charge >= 0.3 is 0 Å². The molecule has 0 saturated heterocycles. The van der Waals surface area contributed by atoms with Crippen molar-refractivity contribution in [2.45, 2.75) is 33.7 Å². The largest absolute Gasteiger partial charge is 0.335 e. The maximum absolute atomic E-state index is 12.8. The molecule has 1 atom stereocenters. The van der Waals surface area contributed by atoms with Crippen molar-refractivity contribution in [1.29, 1.82) is 0 Å². The van der Waals surface area contributed by atoms with E-state index in [1.54, 1.807) is 24.3 Å². The predicted octanol–water partition coefficient (Wildman–Crippen LogP) is 2.69. The maximum atomic E-state index is 12.8. The van der Waals surface area contributed by atoms with Crippen LogP contribution in [0.1, 0.15) is 44.3 Å². The third-order valence-corrected chi connectivity index (χ3v) is 5.27. The molecule has 7 nitrogen and oxygen atoms in total. The highest BCUT2D eigenvalue weighted by Crippen LogP contribution is 2.25. The van der Waals surface area contributed by atoms with Crippen LogP contribution in [-0.4, -0.2) is 53.1 Å². The van der Waals surface area contributed by atoms with Crippen LogP contribution in [0, 0.1) is 20.8 Å². The van der Waals surface area contributed by atoms with Gasteiger partial charge in [-0.15, -0.1) is 0 Å². The van der Waals surface area contributed by atoms with Gasteiger partial charge in [0.1, 0.15) is 6.04 Å². The molecule has 2 aromatic carbocycles. The lowest BCUT2D eigenvalue weighted by molar-refractivity contribution is -0.136. The van der Waals surface area contributed by atoms with Gasteiger partial charge in [-0.1, -0.05) is 29.8 Å². The molecule has 0 fully saturated rings. The zero-order chi connectivity index (χ0) is 22.2. The monoisotopic (exact) mass is 407 g/mol. The van der Waals surface area contributed by atoms with Gasteiger partial charge in [0, 0.05) is 12.7 Å². The number of nitrogens with zero attached hydrogens (tertiary/aromatic N) is 2. The van der Waals surface area contributed by atoms with Crippen LogP contribution in [0.25, 0.3) is 0 Å². The van der Waals surface area contributed by atoms with Crippen LogP contribution < -0.4 is 5.32 Å². The van der Waals surface area contributed by atoms with E-state index in [2.05, 4.69) is 5.32 Å². The minimum Gasteiger partial charge on any atom is -0.335 e. The first-order chi connectivity index (χ1) is 14.1. The summed E-state index contributed by atoms with van der Waals surface area (Å²) in [5, 5.41) is 2.85. The highest BCUT2D eigenvalue weighted by atomic mass is 16.2. The predicted molar refractivity (Wildman–Crippen MR) is 113 cm³/mol. The Kier molecular flexibility index (Phi) is 5.73. The average Bonchev–Trinajstić information content (AvgIpc) is 2.94.